The van der Waals surface area contributed by atoms with Gasteiger partial charge in [-0.15, -0.1) is 0 Å². The molecule has 1 heterocycles. The molecule has 0 saturated carbocycles. The van der Waals surface area contributed by atoms with Gasteiger partial charge in [0.2, 0.25) is 0 Å². The Bertz CT molecular complexity index is 561. The number of aromatic nitrogens is 1. The zero-order chi connectivity index (χ0) is 12.8. The largest absolute Gasteiger partial charge is 0.242 e. The van der Waals surface area contributed by atoms with Crippen molar-refractivity contribution in [2.45, 2.75) is 0 Å². The normalized spacial score (nSPS) is 8.59. The van der Waals surface area contributed by atoms with E-state index in [0.717, 1.165) is 0 Å². The van der Waals surface area contributed by atoms with Crippen LogP contribution in [0.25, 0.3) is 31.3 Å². The van der Waals surface area contributed by atoms with Crippen molar-refractivity contribution in [3.05, 3.63) is 40.3 Å². The minimum Gasteiger partial charge on any atom is -0.242 e. The van der Waals surface area contributed by atoms with Crippen LogP contribution in [0.4, 0.5) is 17.3 Å². The third-order valence-electron chi connectivity index (χ3n) is 1.44. The molecule has 1 aromatic heterocycles. The van der Waals surface area contributed by atoms with Crippen molar-refractivity contribution in [3.63, 3.8) is 0 Å². The lowest BCUT2D eigenvalue weighted by atomic mass is 10.4. The van der Waals surface area contributed by atoms with Crippen molar-refractivity contribution >= 4 is 49.2 Å². The number of pyridine rings is 1. The highest BCUT2D eigenvalue weighted by Gasteiger charge is 2.14. The van der Waals surface area contributed by atoms with Crippen molar-refractivity contribution in [2.24, 2.45) is 15.3 Å². The first kappa shape index (κ1) is 13.1. The van der Waals surface area contributed by atoms with Crippen molar-refractivity contribution in [2.75, 3.05) is 0 Å². The fraction of sp³-hybridized carbons (Fsp3) is 0. The SMILES string of the molecule is [N-]=[N+]=Nc1nc(N=[N+]=[N-])c(Br)c(N=[N+]=[N-])c1Br. The van der Waals surface area contributed by atoms with Crippen LogP contribution < -0.4 is 0 Å². The Hall–Kier alpha value is -1.96. The third-order valence-corrected chi connectivity index (χ3v) is 2.90. The molecule has 0 bridgehead atoms. The molecule has 0 radical (unpaired) electrons. The second kappa shape index (κ2) is 5.94. The molecule has 0 saturated heterocycles. The lowest BCUT2D eigenvalue weighted by molar-refractivity contribution is 1.18. The van der Waals surface area contributed by atoms with Gasteiger partial charge in [0.05, 0.1) is 14.6 Å². The zero-order valence-electron chi connectivity index (χ0n) is 7.73. The average Bonchev–Trinajstić information content (AvgIpc) is 2.31. The van der Waals surface area contributed by atoms with Crippen LogP contribution in [-0.2, 0) is 0 Å². The van der Waals surface area contributed by atoms with Gasteiger partial charge in [0.15, 0.2) is 0 Å². The van der Waals surface area contributed by atoms with Crippen molar-refractivity contribution in [1.82, 2.24) is 4.98 Å². The molecule has 0 spiro atoms. The Kier molecular flexibility index (Phi) is 4.58. The van der Waals surface area contributed by atoms with Crippen LogP contribution in [0.15, 0.2) is 24.3 Å². The highest BCUT2D eigenvalue weighted by Crippen LogP contribution is 2.44. The molecule has 10 nitrogen and oxygen atoms in total. The van der Waals surface area contributed by atoms with E-state index in [9.17, 15) is 0 Å². The molecule has 0 amide bonds. The van der Waals surface area contributed by atoms with Gasteiger partial charge in [-0.25, -0.2) is 4.98 Å². The van der Waals surface area contributed by atoms with E-state index in [4.69, 9.17) is 16.6 Å². The van der Waals surface area contributed by atoms with E-state index in [1.54, 1.807) is 0 Å². The molecule has 0 aliphatic heterocycles. The van der Waals surface area contributed by atoms with Crippen molar-refractivity contribution in [3.8, 4) is 0 Å². The summed E-state index contributed by atoms with van der Waals surface area (Å²) in [6.07, 6.45) is 0. The molecule has 1 rings (SSSR count). The summed E-state index contributed by atoms with van der Waals surface area (Å²) in [5, 5.41) is 9.91. The molecule has 17 heavy (non-hydrogen) atoms. The van der Waals surface area contributed by atoms with E-state index in [2.05, 4.69) is 66.9 Å². The Balaban J connectivity index is 3.73. The number of hydrogen-bond donors (Lipinski definition) is 0. The summed E-state index contributed by atoms with van der Waals surface area (Å²) in [5.74, 6) is -0.194. The minimum absolute atomic E-state index is 0.0762. The van der Waals surface area contributed by atoms with Crippen LogP contribution in [0.1, 0.15) is 0 Å². The highest BCUT2D eigenvalue weighted by atomic mass is 79.9. The van der Waals surface area contributed by atoms with Gasteiger partial charge >= 0.3 is 0 Å². The summed E-state index contributed by atoms with van der Waals surface area (Å²) in [6.45, 7) is 0. The van der Waals surface area contributed by atoms with E-state index >= 15 is 0 Å². The Morgan fingerprint density at radius 1 is 0.824 bits per heavy atom. The quantitative estimate of drug-likeness (QED) is 0.392. The molecule has 0 aromatic carbocycles. The van der Waals surface area contributed by atoms with Gasteiger partial charge in [-0.2, -0.15) is 0 Å². The third kappa shape index (κ3) is 2.78. The van der Waals surface area contributed by atoms with Gasteiger partial charge in [0.25, 0.3) is 0 Å². The molecule has 12 heteroatoms. The number of hydrogen-bond acceptors (Lipinski definition) is 4. The summed E-state index contributed by atoms with van der Waals surface area (Å²) in [5.41, 5.74) is 25.1. The molecule has 84 valence electrons. The maximum Gasteiger partial charge on any atom is 0.141 e. The number of halogens is 2. The number of nitrogens with zero attached hydrogens (tertiary/aromatic N) is 10. The predicted molar refractivity (Wildman–Crippen MR) is 66.1 cm³/mol. The van der Waals surface area contributed by atoms with Crippen LogP contribution in [0.5, 0.6) is 0 Å². The first-order chi connectivity index (χ1) is 8.15. The summed E-state index contributed by atoms with van der Waals surface area (Å²) in [4.78, 5) is 11.5. The van der Waals surface area contributed by atoms with E-state index in [1.807, 2.05) is 0 Å². The number of azide groups is 3. The molecule has 1 aromatic rings. The summed E-state index contributed by atoms with van der Waals surface area (Å²) >= 11 is 6.12. The Labute approximate surface area is 110 Å². The van der Waals surface area contributed by atoms with Crippen LogP contribution in [0.3, 0.4) is 0 Å². The smallest absolute Gasteiger partial charge is 0.141 e. The molecule has 0 unspecified atom stereocenters. The van der Waals surface area contributed by atoms with Gasteiger partial charge < -0.3 is 0 Å². The Morgan fingerprint density at radius 3 is 1.59 bits per heavy atom. The second-order valence-electron chi connectivity index (χ2n) is 2.30. The maximum absolute atomic E-state index is 8.40. The van der Waals surface area contributed by atoms with Crippen LogP contribution >= 0.6 is 31.9 Å². The standard InChI is InChI=1S/C5Br2N10/c6-1-3(12-15-8)2(7)5(14-17-10)11-4(1)13-16-9. The van der Waals surface area contributed by atoms with Gasteiger partial charge in [-0.3, -0.25) is 0 Å². The molecular formula is C5Br2N10. The van der Waals surface area contributed by atoms with Crippen LogP contribution in [-0.4, -0.2) is 4.98 Å². The molecule has 0 N–H and O–H groups in total. The first-order valence-corrected chi connectivity index (χ1v) is 5.28. The molecule has 0 atom stereocenters. The average molecular weight is 360 g/mol. The van der Waals surface area contributed by atoms with E-state index < -0.39 is 0 Å². The maximum atomic E-state index is 8.40. The van der Waals surface area contributed by atoms with E-state index in [0.29, 0.717) is 0 Å². The topological polar surface area (TPSA) is 159 Å². The van der Waals surface area contributed by atoms with Gasteiger partial charge in [-0.1, -0.05) is 5.11 Å². The monoisotopic (exact) mass is 358 g/mol. The van der Waals surface area contributed by atoms with Gasteiger partial charge in [0, 0.05) is 14.7 Å². The summed E-state index contributed by atoms with van der Waals surface area (Å²) in [7, 11) is 0. The molecule has 0 aliphatic carbocycles. The Morgan fingerprint density at radius 2 is 1.24 bits per heavy atom. The van der Waals surface area contributed by atoms with Gasteiger partial charge in [-0.05, 0) is 58.7 Å². The van der Waals surface area contributed by atoms with Crippen molar-refractivity contribution < 1.29 is 0 Å². The molecule has 0 aliphatic rings. The lowest BCUT2D eigenvalue weighted by Gasteiger charge is -2.05. The van der Waals surface area contributed by atoms with E-state index in [1.165, 1.54) is 0 Å². The van der Waals surface area contributed by atoms with E-state index in [-0.39, 0.29) is 26.3 Å². The van der Waals surface area contributed by atoms with Crippen molar-refractivity contribution in [1.29, 1.82) is 0 Å². The number of rotatable bonds is 3. The minimum atomic E-state index is -0.0968. The van der Waals surface area contributed by atoms with Gasteiger partial charge in [0.1, 0.15) is 11.6 Å². The summed E-state index contributed by atoms with van der Waals surface area (Å²) in [6, 6.07) is 0. The molecular weight excluding hydrogens is 360 g/mol. The van der Waals surface area contributed by atoms with Crippen LogP contribution in [0.2, 0.25) is 0 Å². The first-order valence-electron chi connectivity index (χ1n) is 3.70. The predicted octanol–water partition coefficient (Wildman–Crippen LogP) is 5.43. The summed E-state index contributed by atoms with van der Waals surface area (Å²) < 4.78 is 0.383. The zero-order valence-corrected chi connectivity index (χ0v) is 10.9. The second-order valence-corrected chi connectivity index (χ2v) is 3.89. The fourth-order valence-electron chi connectivity index (χ4n) is 0.856. The highest BCUT2D eigenvalue weighted by molar-refractivity contribution is 9.11. The fourth-order valence-corrected chi connectivity index (χ4v) is 2.01. The van der Waals surface area contributed by atoms with Crippen LogP contribution in [0, 0.1) is 0 Å². The lowest BCUT2D eigenvalue weighted by Crippen LogP contribution is -1.81. The molecule has 0 fully saturated rings.